The number of carboxylic acid groups (broad SMARTS) is 1. The maximum atomic E-state index is 13.7. The van der Waals surface area contributed by atoms with Crippen molar-refractivity contribution in [2.24, 2.45) is 0 Å². The molecule has 7 heteroatoms. The molecule has 2 rings (SSSR count). The van der Waals surface area contributed by atoms with Crippen LogP contribution >= 0.6 is 0 Å². The standard InChI is InChI=1S/C12H9F2NO4/c1-18-5-7-8(13)2-6(3-9(7)14)11-4-10(12(16)17)15-19-11/h2-4H,5H2,1H3,(H,16,17). The highest BCUT2D eigenvalue weighted by Crippen LogP contribution is 2.25. The summed E-state index contributed by atoms with van der Waals surface area (Å²) in [7, 11) is 1.32. The van der Waals surface area contributed by atoms with Crippen LogP contribution in [0, 0.1) is 11.6 Å². The summed E-state index contributed by atoms with van der Waals surface area (Å²) in [6.45, 7) is -0.200. The number of methoxy groups -OCH3 is 1. The van der Waals surface area contributed by atoms with E-state index in [-0.39, 0.29) is 29.2 Å². The fraction of sp³-hybridized carbons (Fsp3) is 0.167. The van der Waals surface area contributed by atoms with Gasteiger partial charge in [-0.05, 0) is 12.1 Å². The third-order valence-corrected chi connectivity index (χ3v) is 2.44. The lowest BCUT2D eigenvalue weighted by Crippen LogP contribution is -1.98. The average Bonchev–Trinajstić information content (AvgIpc) is 2.83. The molecule has 5 nitrogen and oxygen atoms in total. The molecule has 1 aromatic heterocycles. The summed E-state index contributed by atoms with van der Waals surface area (Å²) in [5.74, 6) is -2.92. The van der Waals surface area contributed by atoms with E-state index in [2.05, 4.69) is 9.89 Å². The van der Waals surface area contributed by atoms with Crippen molar-refractivity contribution in [1.29, 1.82) is 0 Å². The van der Waals surface area contributed by atoms with Crippen LogP contribution in [-0.2, 0) is 11.3 Å². The fourth-order valence-electron chi connectivity index (χ4n) is 1.54. The molecule has 0 saturated carbocycles. The quantitative estimate of drug-likeness (QED) is 0.923. The van der Waals surface area contributed by atoms with Crippen molar-refractivity contribution in [3.8, 4) is 11.3 Å². The van der Waals surface area contributed by atoms with Crippen molar-refractivity contribution in [2.75, 3.05) is 7.11 Å². The monoisotopic (exact) mass is 269 g/mol. The molecule has 1 aromatic carbocycles. The van der Waals surface area contributed by atoms with E-state index in [4.69, 9.17) is 9.63 Å². The largest absolute Gasteiger partial charge is 0.476 e. The first-order valence-electron chi connectivity index (χ1n) is 5.20. The predicted molar refractivity (Wildman–Crippen MR) is 59.5 cm³/mol. The van der Waals surface area contributed by atoms with Crippen LogP contribution in [0.25, 0.3) is 11.3 Å². The Morgan fingerprint density at radius 3 is 2.47 bits per heavy atom. The lowest BCUT2D eigenvalue weighted by molar-refractivity contribution is 0.0686. The van der Waals surface area contributed by atoms with Crippen LogP contribution in [0.5, 0.6) is 0 Å². The van der Waals surface area contributed by atoms with Crippen molar-refractivity contribution < 1.29 is 27.9 Å². The van der Waals surface area contributed by atoms with E-state index in [1.807, 2.05) is 0 Å². The molecule has 100 valence electrons. The molecular weight excluding hydrogens is 260 g/mol. The Morgan fingerprint density at radius 1 is 1.37 bits per heavy atom. The van der Waals surface area contributed by atoms with E-state index >= 15 is 0 Å². The maximum absolute atomic E-state index is 13.7. The molecule has 0 aliphatic rings. The first kappa shape index (κ1) is 13.2. The van der Waals surface area contributed by atoms with Gasteiger partial charge in [0.15, 0.2) is 11.5 Å². The number of carbonyl (C=O) groups is 1. The Balaban J connectivity index is 2.42. The molecule has 0 unspecified atom stereocenters. The maximum Gasteiger partial charge on any atom is 0.358 e. The molecule has 0 atom stereocenters. The van der Waals surface area contributed by atoms with Gasteiger partial charge in [-0.2, -0.15) is 0 Å². The summed E-state index contributed by atoms with van der Waals surface area (Å²) in [5, 5.41) is 11.9. The van der Waals surface area contributed by atoms with Gasteiger partial charge in [-0.25, -0.2) is 13.6 Å². The zero-order valence-electron chi connectivity index (χ0n) is 9.81. The van der Waals surface area contributed by atoms with E-state index in [0.29, 0.717) is 0 Å². The minimum Gasteiger partial charge on any atom is -0.476 e. The number of carboxylic acids is 1. The van der Waals surface area contributed by atoms with E-state index < -0.39 is 17.6 Å². The molecule has 2 aromatic rings. The molecule has 0 amide bonds. The number of aromatic nitrogens is 1. The van der Waals surface area contributed by atoms with Gasteiger partial charge in [-0.3, -0.25) is 0 Å². The zero-order chi connectivity index (χ0) is 14.0. The molecule has 0 bridgehead atoms. The number of ether oxygens (including phenoxy) is 1. The second kappa shape index (κ2) is 5.15. The zero-order valence-corrected chi connectivity index (χ0v) is 9.81. The Labute approximate surface area is 106 Å². The van der Waals surface area contributed by atoms with Gasteiger partial charge in [0.2, 0.25) is 0 Å². The van der Waals surface area contributed by atoms with Gasteiger partial charge in [0.25, 0.3) is 0 Å². The highest BCUT2D eigenvalue weighted by Gasteiger charge is 2.16. The van der Waals surface area contributed by atoms with Gasteiger partial charge < -0.3 is 14.4 Å². The highest BCUT2D eigenvalue weighted by atomic mass is 19.1. The lowest BCUT2D eigenvalue weighted by atomic mass is 10.1. The highest BCUT2D eigenvalue weighted by molar-refractivity contribution is 5.86. The van der Waals surface area contributed by atoms with Crippen LogP contribution in [0.4, 0.5) is 8.78 Å². The van der Waals surface area contributed by atoms with Crippen molar-refractivity contribution >= 4 is 5.97 Å². The normalized spacial score (nSPS) is 10.7. The molecule has 0 aliphatic carbocycles. The van der Waals surface area contributed by atoms with Crippen LogP contribution in [0.15, 0.2) is 22.7 Å². The lowest BCUT2D eigenvalue weighted by Gasteiger charge is -2.05. The third kappa shape index (κ3) is 2.60. The fourth-order valence-corrected chi connectivity index (χ4v) is 1.54. The molecular formula is C12H9F2NO4. The number of hydrogen-bond acceptors (Lipinski definition) is 4. The molecule has 0 fully saturated rings. The Bertz CT molecular complexity index is 601. The molecule has 0 spiro atoms. The molecule has 0 radical (unpaired) electrons. The first-order valence-corrected chi connectivity index (χ1v) is 5.20. The van der Waals surface area contributed by atoms with Gasteiger partial charge in [0.1, 0.15) is 11.6 Å². The first-order chi connectivity index (χ1) is 9.02. The number of hydrogen-bond donors (Lipinski definition) is 1. The van der Waals surface area contributed by atoms with Crippen LogP contribution in [0.3, 0.4) is 0 Å². The van der Waals surface area contributed by atoms with E-state index in [1.165, 1.54) is 7.11 Å². The predicted octanol–water partition coefficient (Wildman–Crippen LogP) is 2.46. The third-order valence-electron chi connectivity index (χ3n) is 2.44. The van der Waals surface area contributed by atoms with Crippen molar-refractivity contribution in [1.82, 2.24) is 5.16 Å². The van der Waals surface area contributed by atoms with Gasteiger partial charge in [0.05, 0.1) is 6.61 Å². The number of benzene rings is 1. The summed E-state index contributed by atoms with van der Waals surface area (Å²) < 4.78 is 36.7. The smallest absolute Gasteiger partial charge is 0.358 e. The molecule has 0 saturated heterocycles. The van der Waals surface area contributed by atoms with Gasteiger partial charge in [0, 0.05) is 24.3 Å². The number of aromatic carboxylic acids is 1. The topological polar surface area (TPSA) is 72.6 Å². The molecule has 19 heavy (non-hydrogen) atoms. The Morgan fingerprint density at radius 2 is 2.00 bits per heavy atom. The van der Waals surface area contributed by atoms with Crippen molar-refractivity contribution in [3.05, 3.63) is 41.1 Å². The summed E-state index contributed by atoms with van der Waals surface area (Å²) in [6.07, 6.45) is 0. The van der Waals surface area contributed by atoms with Gasteiger partial charge in [-0.1, -0.05) is 5.16 Å². The summed E-state index contributed by atoms with van der Waals surface area (Å²) >= 11 is 0. The van der Waals surface area contributed by atoms with Crippen LogP contribution < -0.4 is 0 Å². The van der Waals surface area contributed by atoms with E-state index in [9.17, 15) is 13.6 Å². The van der Waals surface area contributed by atoms with Gasteiger partial charge in [-0.15, -0.1) is 0 Å². The van der Waals surface area contributed by atoms with Crippen molar-refractivity contribution in [3.63, 3.8) is 0 Å². The Kier molecular flexibility index (Phi) is 3.57. The average molecular weight is 269 g/mol. The summed E-state index contributed by atoms with van der Waals surface area (Å²) in [4.78, 5) is 10.6. The van der Waals surface area contributed by atoms with Gasteiger partial charge >= 0.3 is 5.97 Å². The summed E-state index contributed by atoms with van der Waals surface area (Å²) in [6, 6.07) is 3.15. The minimum atomic E-state index is -1.29. The van der Waals surface area contributed by atoms with Crippen LogP contribution in [-0.4, -0.2) is 23.3 Å². The SMILES string of the molecule is COCc1c(F)cc(-c2cc(C(=O)O)no2)cc1F. The second-order valence-corrected chi connectivity index (χ2v) is 3.73. The van der Waals surface area contributed by atoms with E-state index in [0.717, 1.165) is 18.2 Å². The number of nitrogens with zero attached hydrogens (tertiary/aromatic N) is 1. The number of halogens is 2. The van der Waals surface area contributed by atoms with E-state index in [1.54, 1.807) is 0 Å². The Hall–Kier alpha value is -2.28. The second-order valence-electron chi connectivity index (χ2n) is 3.73. The molecule has 0 aliphatic heterocycles. The minimum absolute atomic E-state index is 0.0285. The molecule has 1 heterocycles. The van der Waals surface area contributed by atoms with Crippen molar-refractivity contribution in [2.45, 2.75) is 6.61 Å². The molecule has 1 N–H and O–H groups in total. The van der Waals surface area contributed by atoms with Crippen LogP contribution in [0.2, 0.25) is 0 Å². The summed E-state index contributed by atoms with van der Waals surface area (Å²) in [5.41, 5.74) is -0.476. The van der Waals surface area contributed by atoms with Crippen LogP contribution in [0.1, 0.15) is 16.1 Å². The number of rotatable bonds is 4.